The third-order valence-corrected chi connectivity index (χ3v) is 4.12. The molecule has 0 amide bonds. The Morgan fingerprint density at radius 2 is 2.28 bits per heavy atom. The SMILES string of the molecule is Cc1ncc(CN2CCNCc3ccccc32)s1. The van der Waals surface area contributed by atoms with Gasteiger partial charge >= 0.3 is 0 Å². The van der Waals surface area contributed by atoms with Crippen LogP contribution in [0, 0.1) is 6.92 Å². The molecule has 2 heterocycles. The fourth-order valence-corrected chi connectivity index (χ4v) is 3.17. The van der Waals surface area contributed by atoms with Gasteiger partial charge < -0.3 is 10.2 Å². The van der Waals surface area contributed by atoms with Crippen LogP contribution in [0.1, 0.15) is 15.4 Å². The van der Waals surface area contributed by atoms with E-state index in [1.54, 1.807) is 11.3 Å². The van der Waals surface area contributed by atoms with Crippen LogP contribution < -0.4 is 10.2 Å². The number of fused-ring (bicyclic) bond motifs is 1. The average molecular weight is 259 g/mol. The van der Waals surface area contributed by atoms with E-state index in [4.69, 9.17) is 0 Å². The second kappa shape index (κ2) is 5.08. The molecule has 2 aromatic rings. The normalized spacial score (nSPS) is 15.3. The Morgan fingerprint density at radius 1 is 1.39 bits per heavy atom. The lowest BCUT2D eigenvalue weighted by Crippen LogP contribution is -2.27. The Bertz CT molecular complexity index is 535. The van der Waals surface area contributed by atoms with Gasteiger partial charge in [-0.1, -0.05) is 18.2 Å². The van der Waals surface area contributed by atoms with Crippen LogP contribution in [0.2, 0.25) is 0 Å². The van der Waals surface area contributed by atoms with Crippen molar-refractivity contribution in [2.75, 3.05) is 18.0 Å². The summed E-state index contributed by atoms with van der Waals surface area (Å²) in [7, 11) is 0. The molecule has 3 nitrogen and oxygen atoms in total. The lowest BCUT2D eigenvalue weighted by Gasteiger charge is -2.23. The van der Waals surface area contributed by atoms with Crippen LogP contribution in [0.15, 0.2) is 30.5 Å². The molecule has 94 valence electrons. The number of hydrogen-bond acceptors (Lipinski definition) is 4. The molecule has 1 N–H and O–H groups in total. The van der Waals surface area contributed by atoms with Gasteiger partial charge in [0.2, 0.25) is 0 Å². The molecule has 18 heavy (non-hydrogen) atoms. The molecule has 0 bridgehead atoms. The minimum atomic E-state index is 0.962. The minimum absolute atomic E-state index is 0.962. The van der Waals surface area contributed by atoms with Crippen molar-refractivity contribution in [1.82, 2.24) is 10.3 Å². The maximum atomic E-state index is 4.34. The zero-order chi connectivity index (χ0) is 12.4. The van der Waals surface area contributed by atoms with Crippen LogP contribution >= 0.6 is 11.3 Å². The van der Waals surface area contributed by atoms with Crippen molar-refractivity contribution >= 4 is 17.0 Å². The van der Waals surface area contributed by atoms with Gasteiger partial charge in [0.1, 0.15) is 0 Å². The van der Waals surface area contributed by atoms with Gasteiger partial charge in [-0.05, 0) is 18.6 Å². The van der Waals surface area contributed by atoms with Crippen LogP contribution in [0.3, 0.4) is 0 Å². The summed E-state index contributed by atoms with van der Waals surface area (Å²) in [5.41, 5.74) is 2.74. The third kappa shape index (κ3) is 2.40. The number of benzene rings is 1. The van der Waals surface area contributed by atoms with E-state index in [9.17, 15) is 0 Å². The molecule has 1 aromatic heterocycles. The Balaban J connectivity index is 1.87. The molecule has 1 aliphatic heterocycles. The first kappa shape index (κ1) is 11.7. The Labute approximate surface area is 111 Å². The summed E-state index contributed by atoms with van der Waals surface area (Å²) < 4.78 is 0. The van der Waals surface area contributed by atoms with E-state index in [2.05, 4.69) is 46.4 Å². The molecule has 0 unspecified atom stereocenters. The molecular weight excluding hydrogens is 242 g/mol. The molecule has 1 aromatic carbocycles. The zero-order valence-corrected chi connectivity index (χ0v) is 11.3. The van der Waals surface area contributed by atoms with E-state index in [0.29, 0.717) is 0 Å². The lowest BCUT2D eigenvalue weighted by molar-refractivity contribution is 0.690. The number of thiazole rings is 1. The highest BCUT2D eigenvalue weighted by Gasteiger charge is 2.15. The molecular formula is C14H17N3S. The maximum absolute atomic E-state index is 4.34. The Hall–Kier alpha value is -1.39. The molecule has 0 fully saturated rings. The Kier molecular flexibility index (Phi) is 3.30. The second-order valence-corrected chi connectivity index (χ2v) is 5.89. The van der Waals surface area contributed by atoms with Crippen LogP contribution in [0.5, 0.6) is 0 Å². The van der Waals surface area contributed by atoms with E-state index >= 15 is 0 Å². The van der Waals surface area contributed by atoms with Crippen molar-refractivity contribution in [1.29, 1.82) is 0 Å². The third-order valence-electron chi connectivity index (χ3n) is 3.22. The van der Waals surface area contributed by atoms with Crippen LogP contribution in [0.25, 0.3) is 0 Å². The van der Waals surface area contributed by atoms with Gasteiger partial charge in [-0.3, -0.25) is 0 Å². The standard InChI is InChI=1S/C14H17N3S/c1-11-16-9-13(18-11)10-17-7-6-15-8-12-4-2-3-5-14(12)17/h2-5,9,15H,6-8,10H2,1H3. The van der Waals surface area contributed by atoms with Gasteiger partial charge in [0.05, 0.1) is 11.6 Å². The van der Waals surface area contributed by atoms with E-state index in [1.807, 2.05) is 6.20 Å². The van der Waals surface area contributed by atoms with Gasteiger partial charge in [-0.25, -0.2) is 4.98 Å². The fraction of sp³-hybridized carbons (Fsp3) is 0.357. The minimum Gasteiger partial charge on any atom is -0.365 e. The summed E-state index contributed by atoms with van der Waals surface area (Å²) in [5.74, 6) is 0. The van der Waals surface area contributed by atoms with Crippen LogP contribution in [-0.2, 0) is 13.1 Å². The van der Waals surface area contributed by atoms with Gasteiger partial charge in [0, 0.05) is 36.4 Å². The number of hydrogen-bond donors (Lipinski definition) is 1. The first-order valence-electron chi connectivity index (χ1n) is 6.28. The fourth-order valence-electron chi connectivity index (χ4n) is 2.36. The van der Waals surface area contributed by atoms with E-state index in [1.165, 1.54) is 16.1 Å². The summed E-state index contributed by atoms with van der Waals surface area (Å²) >= 11 is 1.79. The lowest BCUT2D eigenvalue weighted by atomic mass is 10.1. The molecule has 0 radical (unpaired) electrons. The highest BCUT2D eigenvalue weighted by atomic mass is 32.1. The number of para-hydroxylation sites is 1. The summed E-state index contributed by atoms with van der Waals surface area (Å²) in [6, 6.07) is 8.66. The first-order chi connectivity index (χ1) is 8.83. The number of aryl methyl sites for hydroxylation is 1. The summed E-state index contributed by atoms with van der Waals surface area (Å²) in [4.78, 5) is 8.12. The molecule has 0 spiro atoms. The highest BCUT2D eigenvalue weighted by molar-refractivity contribution is 7.11. The van der Waals surface area contributed by atoms with Gasteiger partial charge in [-0.2, -0.15) is 0 Å². The van der Waals surface area contributed by atoms with E-state index < -0.39 is 0 Å². The molecule has 4 heteroatoms. The van der Waals surface area contributed by atoms with Crippen molar-refractivity contribution in [3.05, 3.63) is 45.9 Å². The smallest absolute Gasteiger partial charge is 0.0897 e. The average Bonchev–Trinajstić information content (AvgIpc) is 2.68. The maximum Gasteiger partial charge on any atom is 0.0897 e. The molecule has 0 saturated carbocycles. The number of nitrogens with zero attached hydrogens (tertiary/aromatic N) is 2. The van der Waals surface area contributed by atoms with Crippen molar-refractivity contribution in [2.24, 2.45) is 0 Å². The van der Waals surface area contributed by atoms with E-state index in [0.717, 1.165) is 31.2 Å². The molecule has 0 saturated heterocycles. The van der Waals surface area contributed by atoms with Crippen molar-refractivity contribution < 1.29 is 0 Å². The highest BCUT2D eigenvalue weighted by Crippen LogP contribution is 2.25. The number of nitrogens with one attached hydrogen (secondary N) is 1. The van der Waals surface area contributed by atoms with Crippen molar-refractivity contribution in [3.8, 4) is 0 Å². The van der Waals surface area contributed by atoms with Gasteiger partial charge in [-0.15, -0.1) is 11.3 Å². The molecule has 1 aliphatic rings. The topological polar surface area (TPSA) is 28.2 Å². The predicted molar refractivity (Wildman–Crippen MR) is 76.0 cm³/mol. The monoisotopic (exact) mass is 259 g/mol. The summed E-state index contributed by atoms with van der Waals surface area (Å²) in [6.07, 6.45) is 2.00. The molecule has 0 atom stereocenters. The number of anilines is 1. The zero-order valence-electron chi connectivity index (χ0n) is 10.5. The predicted octanol–water partition coefficient (Wildman–Crippen LogP) is 2.56. The summed E-state index contributed by atoms with van der Waals surface area (Å²) in [6.45, 7) is 6.07. The van der Waals surface area contributed by atoms with Crippen LogP contribution in [-0.4, -0.2) is 18.1 Å². The molecule has 0 aliphatic carbocycles. The number of aromatic nitrogens is 1. The first-order valence-corrected chi connectivity index (χ1v) is 7.09. The van der Waals surface area contributed by atoms with E-state index in [-0.39, 0.29) is 0 Å². The number of rotatable bonds is 2. The Morgan fingerprint density at radius 3 is 3.11 bits per heavy atom. The van der Waals surface area contributed by atoms with Crippen LogP contribution in [0.4, 0.5) is 5.69 Å². The van der Waals surface area contributed by atoms with Gasteiger partial charge in [0.15, 0.2) is 0 Å². The summed E-state index contributed by atoms with van der Waals surface area (Å²) in [5, 5.41) is 4.62. The second-order valence-electron chi connectivity index (χ2n) is 4.57. The van der Waals surface area contributed by atoms with Crippen molar-refractivity contribution in [2.45, 2.75) is 20.0 Å². The molecule has 3 rings (SSSR count). The quantitative estimate of drug-likeness (QED) is 0.898. The van der Waals surface area contributed by atoms with Crippen molar-refractivity contribution in [3.63, 3.8) is 0 Å². The largest absolute Gasteiger partial charge is 0.365 e. The van der Waals surface area contributed by atoms with Gasteiger partial charge in [0.25, 0.3) is 0 Å².